The van der Waals surface area contributed by atoms with Crippen LogP contribution in [-0.2, 0) is 5.41 Å². The number of hydrogen-bond donors (Lipinski definition) is 2. The predicted molar refractivity (Wildman–Crippen MR) is 85.0 cm³/mol. The maximum atomic E-state index is 9.91. The van der Waals surface area contributed by atoms with Crippen molar-refractivity contribution >= 4 is 0 Å². The molecule has 2 nitrogen and oxygen atoms in total. The minimum atomic E-state index is -0.498. The zero-order chi connectivity index (χ0) is 15.0. The molecule has 1 aromatic carbocycles. The Morgan fingerprint density at radius 2 is 1.65 bits per heavy atom. The van der Waals surface area contributed by atoms with Crippen molar-refractivity contribution in [3.63, 3.8) is 0 Å². The standard InChI is InChI=1S/C18H30O2/c1-4-6-7-16(5-2)12-18(13-19,14-20)17-10-8-15(3)9-11-17/h8-11,16,19-20H,4-7,12-14H2,1-3H3. The molecule has 0 spiro atoms. The van der Waals surface area contributed by atoms with E-state index in [1.807, 2.05) is 12.1 Å². The largest absolute Gasteiger partial charge is 0.395 e. The molecule has 20 heavy (non-hydrogen) atoms. The summed E-state index contributed by atoms with van der Waals surface area (Å²) in [5, 5.41) is 19.8. The molecule has 0 heterocycles. The van der Waals surface area contributed by atoms with Crippen molar-refractivity contribution in [1.29, 1.82) is 0 Å². The van der Waals surface area contributed by atoms with Gasteiger partial charge in [0.15, 0.2) is 0 Å². The number of aliphatic hydroxyl groups excluding tert-OH is 2. The van der Waals surface area contributed by atoms with Crippen LogP contribution in [0.15, 0.2) is 24.3 Å². The van der Waals surface area contributed by atoms with Gasteiger partial charge >= 0.3 is 0 Å². The van der Waals surface area contributed by atoms with E-state index in [9.17, 15) is 10.2 Å². The molecule has 0 aliphatic carbocycles. The summed E-state index contributed by atoms with van der Waals surface area (Å²) in [5.41, 5.74) is 1.77. The molecule has 2 heteroatoms. The van der Waals surface area contributed by atoms with Crippen LogP contribution in [0.3, 0.4) is 0 Å². The van der Waals surface area contributed by atoms with Gasteiger partial charge < -0.3 is 10.2 Å². The molecule has 0 saturated carbocycles. The van der Waals surface area contributed by atoms with Crippen molar-refractivity contribution in [3.05, 3.63) is 35.4 Å². The molecule has 114 valence electrons. The zero-order valence-corrected chi connectivity index (χ0v) is 13.2. The zero-order valence-electron chi connectivity index (χ0n) is 13.2. The maximum absolute atomic E-state index is 9.91. The van der Waals surface area contributed by atoms with E-state index in [1.54, 1.807) is 0 Å². The number of unbranched alkanes of at least 4 members (excludes halogenated alkanes) is 1. The highest BCUT2D eigenvalue weighted by molar-refractivity contribution is 5.29. The first-order valence-electron chi connectivity index (χ1n) is 7.90. The van der Waals surface area contributed by atoms with E-state index in [2.05, 4.69) is 32.9 Å². The quantitative estimate of drug-likeness (QED) is 0.721. The van der Waals surface area contributed by atoms with Crippen LogP contribution >= 0.6 is 0 Å². The number of benzene rings is 1. The van der Waals surface area contributed by atoms with Crippen LogP contribution in [0.5, 0.6) is 0 Å². The van der Waals surface area contributed by atoms with Gasteiger partial charge in [-0.2, -0.15) is 0 Å². The topological polar surface area (TPSA) is 40.5 Å². The average Bonchev–Trinajstić information content (AvgIpc) is 2.49. The Labute approximate surface area is 123 Å². The van der Waals surface area contributed by atoms with E-state index >= 15 is 0 Å². The Bertz CT molecular complexity index is 366. The maximum Gasteiger partial charge on any atom is 0.0550 e. The molecule has 1 unspecified atom stereocenters. The summed E-state index contributed by atoms with van der Waals surface area (Å²) in [6.45, 7) is 6.48. The molecule has 0 aromatic heterocycles. The summed E-state index contributed by atoms with van der Waals surface area (Å²) in [5.74, 6) is 0.565. The fraction of sp³-hybridized carbons (Fsp3) is 0.667. The molecule has 1 atom stereocenters. The molecule has 2 N–H and O–H groups in total. The van der Waals surface area contributed by atoms with Crippen molar-refractivity contribution in [2.24, 2.45) is 5.92 Å². The van der Waals surface area contributed by atoms with E-state index in [1.165, 1.54) is 24.8 Å². The molecule has 0 radical (unpaired) electrons. The van der Waals surface area contributed by atoms with Crippen molar-refractivity contribution < 1.29 is 10.2 Å². The number of hydrogen-bond acceptors (Lipinski definition) is 2. The second-order valence-corrected chi connectivity index (χ2v) is 6.08. The van der Waals surface area contributed by atoms with Crippen LogP contribution in [0.4, 0.5) is 0 Å². The average molecular weight is 278 g/mol. The molecule has 0 saturated heterocycles. The minimum absolute atomic E-state index is 0.00911. The Morgan fingerprint density at radius 3 is 2.10 bits per heavy atom. The van der Waals surface area contributed by atoms with Gasteiger partial charge in [-0.15, -0.1) is 0 Å². The Kier molecular flexibility index (Phi) is 7.25. The number of aryl methyl sites for hydroxylation is 1. The van der Waals surface area contributed by atoms with Crippen LogP contribution in [0.2, 0.25) is 0 Å². The van der Waals surface area contributed by atoms with Crippen molar-refractivity contribution in [2.45, 2.75) is 58.3 Å². The minimum Gasteiger partial charge on any atom is -0.395 e. The van der Waals surface area contributed by atoms with Crippen LogP contribution in [0.1, 0.15) is 57.1 Å². The first kappa shape index (κ1) is 17.2. The van der Waals surface area contributed by atoms with Gasteiger partial charge in [0, 0.05) is 5.41 Å². The van der Waals surface area contributed by atoms with E-state index in [0.717, 1.165) is 18.4 Å². The van der Waals surface area contributed by atoms with Gasteiger partial charge in [0.2, 0.25) is 0 Å². The Hall–Kier alpha value is -0.860. The lowest BCUT2D eigenvalue weighted by atomic mass is 9.73. The fourth-order valence-corrected chi connectivity index (χ4v) is 2.88. The smallest absolute Gasteiger partial charge is 0.0550 e. The van der Waals surface area contributed by atoms with Crippen LogP contribution in [0, 0.1) is 12.8 Å². The van der Waals surface area contributed by atoms with Crippen molar-refractivity contribution in [2.75, 3.05) is 13.2 Å². The SMILES string of the molecule is CCCCC(CC)CC(CO)(CO)c1ccc(C)cc1. The van der Waals surface area contributed by atoms with Crippen molar-refractivity contribution in [3.8, 4) is 0 Å². The third-order valence-corrected chi connectivity index (χ3v) is 4.49. The summed E-state index contributed by atoms with van der Waals surface area (Å²) in [7, 11) is 0. The van der Waals surface area contributed by atoms with E-state index in [0.29, 0.717) is 5.92 Å². The van der Waals surface area contributed by atoms with Crippen molar-refractivity contribution in [1.82, 2.24) is 0 Å². The summed E-state index contributed by atoms with van der Waals surface area (Å²) >= 11 is 0. The highest BCUT2D eigenvalue weighted by Gasteiger charge is 2.33. The predicted octanol–water partition coefficient (Wildman–Crippen LogP) is 3.82. The lowest BCUT2D eigenvalue weighted by Gasteiger charge is -2.34. The molecule has 0 amide bonds. The van der Waals surface area contributed by atoms with Gasteiger partial charge in [-0.25, -0.2) is 0 Å². The summed E-state index contributed by atoms with van der Waals surface area (Å²) in [6, 6.07) is 8.22. The van der Waals surface area contributed by atoms with Crippen LogP contribution in [-0.4, -0.2) is 23.4 Å². The van der Waals surface area contributed by atoms with Gasteiger partial charge in [0.1, 0.15) is 0 Å². The number of rotatable bonds is 9. The first-order chi connectivity index (χ1) is 9.61. The van der Waals surface area contributed by atoms with Gasteiger partial charge in [-0.1, -0.05) is 69.4 Å². The molecule has 1 aromatic rings. The molecule has 1 rings (SSSR count). The molecule has 0 aliphatic rings. The molecular weight excluding hydrogens is 248 g/mol. The van der Waals surface area contributed by atoms with Gasteiger partial charge in [0.05, 0.1) is 13.2 Å². The van der Waals surface area contributed by atoms with E-state index in [-0.39, 0.29) is 13.2 Å². The molecular formula is C18H30O2. The third kappa shape index (κ3) is 4.32. The van der Waals surface area contributed by atoms with Crippen LogP contribution in [0.25, 0.3) is 0 Å². The van der Waals surface area contributed by atoms with E-state index in [4.69, 9.17) is 0 Å². The Morgan fingerprint density at radius 1 is 1.05 bits per heavy atom. The Balaban J connectivity index is 2.92. The molecule has 0 aliphatic heterocycles. The monoisotopic (exact) mass is 278 g/mol. The summed E-state index contributed by atoms with van der Waals surface area (Å²) < 4.78 is 0. The first-order valence-corrected chi connectivity index (χ1v) is 7.90. The summed E-state index contributed by atoms with van der Waals surface area (Å²) in [4.78, 5) is 0. The third-order valence-electron chi connectivity index (χ3n) is 4.49. The fourth-order valence-electron chi connectivity index (χ4n) is 2.88. The summed E-state index contributed by atoms with van der Waals surface area (Å²) in [6.07, 6.45) is 5.57. The van der Waals surface area contributed by atoms with Crippen LogP contribution < -0.4 is 0 Å². The molecule has 0 bridgehead atoms. The lowest BCUT2D eigenvalue weighted by Crippen LogP contribution is -2.37. The van der Waals surface area contributed by atoms with Gasteiger partial charge in [0.25, 0.3) is 0 Å². The number of aliphatic hydroxyl groups is 2. The molecule has 0 fully saturated rings. The van der Waals surface area contributed by atoms with Gasteiger partial charge in [-0.3, -0.25) is 0 Å². The highest BCUT2D eigenvalue weighted by atomic mass is 16.3. The highest BCUT2D eigenvalue weighted by Crippen LogP contribution is 2.34. The second kappa shape index (κ2) is 8.43. The second-order valence-electron chi connectivity index (χ2n) is 6.08. The lowest BCUT2D eigenvalue weighted by molar-refractivity contribution is 0.0922. The normalized spacial score (nSPS) is 13.4. The van der Waals surface area contributed by atoms with Gasteiger partial charge in [-0.05, 0) is 24.8 Å². The van der Waals surface area contributed by atoms with E-state index < -0.39 is 5.41 Å².